The first-order valence-electron chi connectivity index (χ1n) is 8.27. The highest BCUT2D eigenvalue weighted by Crippen LogP contribution is 2.30. The van der Waals surface area contributed by atoms with E-state index in [9.17, 15) is 20.1 Å². The Morgan fingerprint density at radius 2 is 1.92 bits per heavy atom. The topological polar surface area (TPSA) is 114 Å². The minimum Gasteiger partial charge on any atom is -0.508 e. The zero-order valence-corrected chi connectivity index (χ0v) is 14.9. The van der Waals surface area contributed by atoms with Crippen LogP contribution in [0.5, 0.6) is 17.2 Å². The van der Waals surface area contributed by atoms with Gasteiger partial charge in [-0.2, -0.15) is 5.10 Å². The Labute approximate surface area is 152 Å². The Kier molecular flexibility index (Phi) is 6.06. The van der Waals surface area contributed by atoms with Crippen molar-refractivity contribution in [2.45, 2.75) is 33.2 Å². The molecule has 0 aromatic heterocycles. The van der Waals surface area contributed by atoms with Crippen LogP contribution in [0.1, 0.15) is 43.0 Å². The molecule has 2 aromatic rings. The largest absolute Gasteiger partial charge is 0.508 e. The number of hydrazone groups is 1. The third kappa shape index (κ3) is 4.44. The average molecular weight is 357 g/mol. The van der Waals surface area contributed by atoms with Gasteiger partial charge in [0.2, 0.25) is 0 Å². The van der Waals surface area contributed by atoms with Gasteiger partial charge in [-0.3, -0.25) is 0 Å². The predicted octanol–water partition coefficient (Wildman–Crippen LogP) is 3.29. The van der Waals surface area contributed by atoms with Crippen LogP contribution < -0.4 is 10.7 Å². The summed E-state index contributed by atoms with van der Waals surface area (Å²) in [6.45, 7) is 5.22. The van der Waals surface area contributed by atoms with Crippen molar-refractivity contribution in [1.82, 2.24) is 10.7 Å². The van der Waals surface area contributed by atoms with E-state index in [2.05, 4.69) is 15.8 Å². The molecule has 2 aromatic carbocycles. The molecule has 7 heteroatoms. The van der Waals surface area contributed by atoms with Gasteiger partial charge in [0.1, 0.15) is 17.2 Å². The maximum Gasteiger partial charge on any atom is 0.335 e. The van der Waals surface area contributed by atoms with Crippen molar-refractivity contribution in [1.29, 1.82) is 0 Å². The van der Waals surface area contributed by atoms with Gasteiger partial charge in [-0.25, -0.2) is 10.2 Å². The quantitative estimate of drug-likeness (QED) is 0.417. The van der Waals surface area contributed by atoms with Crippen molar-refractivity contribution in [2.75, 3.05) is 0 Å². The molecule has 26 heavy (non-hydrogen) atoms. The number of amides is 2. The van der Waals surface area contributed by atoms with E-state index in [1.807, 2.05) is 6.92 Å². The molecular formula is C19H23N3O4. The first-order chi connectivity index (χ1) is 12.3. The van der Waals surface area contributed by atoms with Crippen LogP contribution in [0.15, 0.2) is 41.5 Å². The summed E-state index contributed by atoms with van der Waals surface area (Å²) >= 11 is 0. The molecule has 0 aliphatic rings. The summed E-state index contributed by atoms with van der Waals surface area (Å²) in [5, 5.41) is 36.1. The monoisotopic (exact) mass is 357 g/mol. The smallest absolute Gasteiger partial charge is 0.335 e. The first kappa shape index (κ1) is 19.1. The number of hydrogen-bond donors (Lipinski definition) is 5. The van der Waals surface area contributed by atoms with E-state index in [1.54, 1.807) is 44.2 Å². The zero-order chi connectivity index (χ0) is 19.3. The molecular weight excluding hydrogens is 334 g/mol. The summed E-state index contributed by atoms with van der Waals surface area (Å²) in [5.74, 6) is 0.0503. The summed E-state index contributed by atoms with van der Waals surface area (Å²) in [7, 11) is 0. The van der Waals surface area contributed by atoms with E-state index in [0.717, 1.165) is 5.56 Å². The van der Waals surface area contributed by atoms with E-state index in [1.165, 1.54) is 6.07 Å². The van der Waals surface area contributed by atoms with Crippen LogP contribution in [0.2, 0.25) is 0 Å². The molecule has 7 nitrogen and oxygen atoms in total. The van der Waals surface area contributed by atoms with Gasteiger partial charge < -0.3 is 20.6 Å². The minimum absolute atomic E-state index is 0.00709. The van der Waals surface area contributed by atoms with Crippen molar-refractivity contribution in [3.63, 3.8) is 0 Å². The van der Waals surface area contributed by atoms with Gasteiger partial charge in [0.05, 0.1) is 11.8 Å². The van der Waals surface area contributed by atoms with Crippen LogP contribution >= 0.6 is 0 Å². The highest BCUT2D eigenvalue weighted by Gasteiger charge is 2.14. The highest BCUT2D eigenvalue weighted by atomic mass is 16.3. The number of rotatable bonds is 5. The maximum absolute atomic E-state index is 12.1. The van der Waals surface area contributed by atoms with Crippen molar-refractivity contribution in [3.8, 4) is 17.2 Å². The molecule has 1 unspecified atom stereocenters. The van der Waals surface area contributed by atoms with Gasteiger partial charge in [0.15, 0.2) is 0 Å². The van der Waals surface area contributed by atoms with E-state index in [4.69, 9.17) is 0 Å². The summed E-state index contributed by atoms with van der Waals surface area (Å²) in [6.07, 6.45) is 0.472. The van der Waals surface area contributed by atoms with Gasteiger partial charge in [-0.15, -0.1) is 0 Å². The number of phenols is 3. The van der Waals surface area contributed by atoms with Crippen LogP contribution in [0.3, 0.4) is 0 Å². The number of benzene rings is 2. The number of carbonyl (C=O) groups excluding carboxylic acids is 1. The van der Waals surface area contributed by atoms with Gasteiger partial charge >= 0.3 is 6.03 Å². The fourth-order valence-electron chi connectivity index (χ4n) is 2.48. The van der Waals surface area contributed by atoms with Gasteiger partial charge in [-0.1, -0.05) is 19.1 Å². The number of nitrogens with one attached hydrogen (secondary N) is 2. The molecule has 138 valence electrons. The molecule has 2 rings (SSSR count). The number of nitrogens with zero attached hydrogens (tertiary/aromatic N) is 1. The lowest BCUT2D eigenvalue weighted by Crippen LogP contribution is -2.34. The van der Waals surface area contributed by atoms with Crippen LogP contribution in [-0.4, -0.2) is 27.1 Å². The standard InChI is InChI=1S/C19H23N3O4/c1-4-16(15-8-9-17(24)11(2)18(15)25)21-22-19(26)20-12(3)13-6-5-7-14(23)10-13/h5-10,12,23-25H,4H2,1-3H3,(H2,20,22,26)/b21-16+. The summed E-state index contributed by atoms with van der Waals surface area (Å²) in [6, 6.07) is 8.80. The highest BCUT2D eigenvalue weighted by molar-refractivity contribution is 6.03. The summed E-state index contributed by atoms with van der Waals surface area (Å²) in [5.41, 5.74) is 4.44. The Hall–Kier alpha value is -3.22. The molecule has 1 atom stereocenters. The van der Waals surface area contributed by atoms with E-state index in [0.29, 0.717) is 23.3 Å². The number of aromatic hydroxyl groups is 3. The molecule has 2 amide bonds. The van der Waals surface area contributed by atoms with E-state index >= 15 is 0 Å². The molecule has 0 bridgehead atoms. The van der Waals surface area contributed by atoms with Gasteiger partial charge in [0.25, 0.3) is 0 Å². The Morgan fingerprint density at radius 1 is 1.19 bits per heavy atom. The van der Waals surface area contributed by atoms with Crippen LogP contribution in [0, 0.1) is 6.92 Å². The van der Waals surface area contributed by atoms with Crippen molar-refractivity contribution in [2.24, 2.45) is 5.10 Å². The molecule has 0 spiro atoms. The number of hydrogen-bond acceptors (Lipinski definition) is 5. The lowest BCUT2D eigenvalue weighted by Gasteiger charge is -2.15. The summed E-state index contributed by atoms with van der Waals surface area (Å²) in [4.78, 5) is 12.1. The summed E-state index contributed by atoms with van der Waals surface area (Å²) < 4.78 is 0. The molecule has 5 N–H and O–H groups in total. The van der Waals surface area contributed by atoms with Crippen molar-refractivity contribution >= 4 is 11.7 Å². The van der Waals surface area contributed by atoms with Gasteiger partial charge in [-0.05, 0) is 50.1 Å². The lowest BCUT2D eigenvalue weighted by atomic mass is 10.0. The maximum atomic E-state index is 12.1. The Balaban J connectivity index is 2.09. The average Bonchev–Trinajstić information content (AvgIpc) is 2.61. The van der Waals surface area contributed by atoms with Crippen molar-refractivity contribution < 1.29 is 20.1 Å². The number of phenolic OH excluding ortho intramolecular Hbond substituents is 3. The van der Waals surface area contributed by atoms with Crippen molar-refractivity contribution in [3.05, 3.63) is 53.1 Å². The number of urea groups is 1. The fourth-order valence-corrected chi connectivity index (χ4v) is 2.48. The molecule has 0 saturated heterocycles. The van der Waals surface area contributed by atoms with Crippen LogP contribution in [-0.2, 0) is 0 Å². The first-order valence-corrected chi connectivity index (χ1v) is 8.27. The normalized spacial score (nSPS) is 12.5. The molecule has 0 fully saturated rings. The number of carbonyl (C=O) groups is 1. The van der Waals surface area contributed by atoms with E-state index in [-0.39, 0.29) is 23.3 Å². The van der Waals surface area contributed by atoms with Gasteiger partial charge in [0, 0.05) is 11.1 Å². The second-order valence-corrected chi connectivity index (χ2v) is 5.92. The predicted molar refractivity (Wildman–Crippen MR) is 99.5 cm³/mol. The molecule has 0 saturated carbocycles. The lowest BCUT2D eigenvalue weighted by molar-refractivity contribution is 0.238. The fraction of sp³-hybridized carbons (Fsp3) is 0.263. The Bertz CT molecular complexity index is 834. The Morgan fingerprint density at radius 3 is 2.58 bits per heavy atom. The second kappa shape index (κ2) is 8.24. The minimum atomic E-state index is -0.512. The molecule has 0 heterocycles. The molecule has 0 aliphatic carbocycles. The van der Waals surface area contributed by atoms with E-state index < -0.39 is 6.03 Å². The third-order valence-electron chi connectivity index (χ3n) is 4.06. The van der Waals surface area contributed by atoms with Crippen LogP contribution in [0.4, 0.5) is 4.79 Å². The zero-order valence-electron chi connectivity index (χ0n) is 14.9. The molecule has 0 radical (unpaired) electrons. The SMILES string of the molecule is CC/C(=N\NC(=O)NC(C)c1cccc(O)c1)c1ccc(O)c(C)c1O. The molecule has 0 aliphatic heterocycles. The third-order valence-corrected chi connectivity index (χ3v) is 4.06. The second-order valence-electron chi connectivity index (χ2n) is 5.92. The van der Waals surface area contributed by atoms with Crippen LogP contribution in [0.25, 0.3) is 0 Å².